The predicted octanol–water partition coefficient (Wildman–Crippen LogP) is 2.05. The van der Waals surface area contributed by atoms with Crippen molar-refractivity contribution in [1.82, 2.24) is 10.2 Å². The molecule has 1 N–H and O–H groups in total. The van der Waals surface area contributed by atoms with E-state index in [1.807, 2.05) is 10.3 Å². The first-order valence-corrected chi connectivity index (χ1v) is 5.75. The Morgan fingerprint density at radius 1 is 1.71 bits per heavy atom. The molecular formula is C10H14N2OS. The van der Waals surface area contributed by atoms with Gasteiger partial charge in [-0.2, -0.15) is 11.3 Å². The highest BCUT2D eigenvalue weighted by Gasteiger charge is 2.31. The average molecular weight is 210 g/mol. The molecule has 1 saturated carbocycles. The lowest BCUT2D eigenvalue weighted by Gasteiger charge is -2.21. The second kappa shape index (κ2) is 4.00. The summed E-state index contributed by atoms with van der Waals surface area (Å²) >= 11 is 1.67. The Morgan fingerprint density at radius 3 is 3.00 bits per heavy atom. The van der Waals surface area contributed by atoms with E-state index in [1.54, 1.807) is 18.4 Å². The highest BCUT2D eigenvalue weighted by molar-refractivity contribution is 7.07. The van der Waals surface area contributed by atoms with Gasteiger partial charge in [0.05, 0.1) is 0 Å². The van der Waals surface area contributed by atoms with Crippen LogP contribution in [0.2, 0.25) is 0 Å². The summed E-state index contributed by atoms with van der Waals surface area (Å²) in [4.78, 5) is 13.5. The number of amides is 2. The normalized spacial score (nSPS) is 15.2. The molecule has 1 fully saturated rings. The Morgan fingerprint density at radius 2 is 2.50 bits per heavy atom. The Kier molecular flexibility index (Phi) is 2.72. The first-order chi connectivity index (χ1) is 6.81. The molecular weight excluding hydrogens is 196 g/mol. The van der Waals surface area contributed by atoms with E-state index in [0.717, 1.165) is 19.4 Å². The van der Waals surface area contributed by atoms with Crippen LogP contribution in [0.25, 0.3) is 0 Å². The number of nitrogens with one attached hydrogen (secondary N) is 1. The topological polar surface area (TPSA) is 32.3 Å². The number of hydrogen-bond acceptors (Lipinski definition) is 2. The first-order valence-electron chi connectivity index (χ1n) is 4.80. The van der Waals surface area contributed by atoms with Crippen LogP contribution >= 0.6 is 11.3 Å². The van der Waals surface area contributed by atoms with Gasteiger partial charge in [-0.3, -0.25) is 0 Å². The third-order valence-corrected chi connectivity index (χ3v) is 3.13. The van der Waals surface area contributed by atoms with E-state index >= 15 is 0 Å². The maximum absolute atomic E-state index is 11.5. The first kappa shape index (κ1) is 9.52. The molecule has 0 aromatic carbocycles. The van der Waals surface area contributed by atoms with E-state index in [9.17, 15) is 4.79 Å². The molecule has 0 atom stereocenters. The van der Waals surface area contributed by atoms with Crippen molar-refractivity contribution in [2.45, 2.75) is 25.4 Å². The van der Waals surface area contributed by atoms with Crippen LogP contribution in [0.1, 0.15) is 18.4 Å². The van der Waals surface area contributed by atoms with Crippen LogP contribution in [0, 0.1) is 0 Å². The fraction of sp³-hybridized carbons (Fsp3) is 0.500. The molecule has 0 aliphatic heterocycles. The molecule has 1 heterocycles. The summed E-state index contributed by atoms with van der Waals surface area (Å²) in [5, 5.41) is 6.83. The molecule has 0 bridgehead atoms. The lowest BCUT2D eigenvalue weighted by molar-refractivity contribution is 0.194. The molecule has 0 radical (unpaired) electrons. The summed E-state index contributed by atoms with van der Waals surface area (Å²) in [6, 6.07) is 2.58. The zero-order valence-electron chi connectivity index (χ0n) is 8.19. The van der Waals surface area contributed by atoms with E-state index in [1.165, 1.54) is 5.56 Å². The van der Waals surface area contributed by atoms with Gasteiger partial charge in [-0.1, -0.05) is 0 Å². The molecule has 0 saturated heterocycles. The fourth-order valence-electron chi connectivity index (χ4n) is 1.48. The molecule has 1 aromatic heterocycles. The van der Waals surface area contributed by atoms with Crippen LogP contribution in [0.5, 0.6) is 0 Å². The fourth-order valence-corrected chi connectivity index (χ4v) is 2.14. The van der Waals surface area contributed by atoms with Crippen LogP contribution in [0.15, 0.2) is 16.8 Å². The van der Waals surface area contributed by atoms with Gasteiger partial charge in [-0.15, -0.1) is 0 Å². The van der Waals surface area contributed by atoms with Gasteiger partial charge in [-0.05, 0) is 35.2 Å². The molecule has 3 nitrogen and oxygen atoms in total. The Hall–Kier alpha value is -1.03. The zero-order chi connectivity index (χ0) is 9.97. The average Bonchev–Trinajstić information content (AvgIpc) is 2.92. The monoisotopic (exact) mass is 210 g/mol. The summed E-state index contributed by atoms with van der Waals surface area (Å²) in [6.07, 6.45) is 2.30. The molecule has 76 valence electrons. The minimum Gasteiger partial charge on any atom is -0.341 e. The number of thiophene rings is 1. The van der Waals surface area contributed by atoms with Crippen molar-refractivity contribution in [2.24, 2.45) is 0 Å². The third kappa shape index (κ3) is 2.07. The molecule has 1 aliphatic carbocycles. The summed E-state index contributed by atoms with van der Waals surface area (Å²) in [5.74, 6) is 0. The van der Waals surface area contributed by atoms with Crippen LogP contribution in [-0.2, 0) is 6.54 Å². The van der Waals surface area contributed by atoms with Gasteiger partial charge in [0.15, 0.2) is 0 Å². The van der Waals surface area contributed by atoms with Gasteiger partial charge in [0.2, 0.25) is 0 Å². The maximum Gasteiger partial charge on any atom is 0.317 e. The van der Waals surface area contributed by atoms with Crippen LogP contribution < -0.4 is 5.32 Å². The number of rotatable bonds is 3. The Balaban J connectivity index is 2.00. The summed E-state index contributed by atoms with van der Waals surface area (Å²) in [6.45, 7) is 0.744. The Bertz CT molecular complexity index is 306. The van der Waals surface area contributed by atoms with Crippen molar-refractivity contribution in [3.8, 4) is 0 Å². The molecule has 2 rings (SSSR count). The second-order valence-corrected chi connectivity index (χ2v) is 4.33. The number of nitrogens with zero attached hydrogens (tertiary/aromatic N) is 1. The standard InChI is InChI=1S/C10H14N2OS/c1-11-10(13)12(9-2-3-9)6-8-4-5-14-7-8/h4-5,7,9H,2-3,6H2,1H3,(H,11,13). The smallest absolute Gasteiger partial charge is 0.317 e. The molecule has 0 spiro atoms. The number of carbonyl (C=O) groups is 1. The number of carbonyl (C=O) groups excluding carboxylic acids is 1. The molecule has 0 unspecified atom stereocenters. The van der Waals surface area contributed by atoms with Crippen molar-refractivity contribution < 1.29 is 4.79 Å². The van der Waals surface area contributed by atoms with E-state index < -0.39 is 0 Å². The van der Waals surface area contributed by atoms with Crippen molar-refractivity contribution in [3.05, 3.63) is 22.4 Å². The molecule has 14 heavy (non-hydrogen) atoms. The van der Waals surface area contributed by atoms with Crippen molar-refractivity contribution in [2.75, 3.05) is 7.05 Å². The lowest BCUT2D eigenvalue weighted by Crippen LogP contribution is -2.38. The lowest BCUT2D eigenvalue weighted by atomic mass is 10.3. The predicted molar refractivity (Wildman–Crippen MR) is 57.3 cm³/mol. The van der Waals surface area contributed by atoms with Gasteiger partial charge in [-0.25, -0.2) is 4.79 Å². The Labute approximate surface area is 87.7 Å². The summed E-state index contributed by atoms with van der Waals surface area (Å²) in [7, 11) is 1.69. The van der Waals surface area contributed by atoms with Crippen molar-refractivity contribution in [3.63, 3.8) is 0 Å². The van der Waals surface area contributed by atoms with Crippen molar-refractivity contribution in [1.29, 1.82) is 0 Å². The molecule has 2 amide bonds. The van der Waals surface area contributed by atoms with Crippen molar-refractivity contribution >= 4 is 17.4 Å². The third-order valence-electron chi connectivity index (χ3n) is 2.40. The highest BCUT2D eigenvalue weighted by atomic mass is 32.1. The van der Waals surface area contributed by atoms with E-state index in [-0.39, 0.29) is 6.03 Å². The summed E-state index contributed by atoms with van der Waals surface area (Å²) in [5.41, 5.74) is 1.23. The van der Waals surface area contributed by atoms with Gasteiger partial charge in [0.25, 0.3) is 0 Å². The quantitative estimate of drug-likeness (QED) is 0.813. The minimum atomic E-state index is 0.0405. The van der Waals surface area contributed by atoms with E-state index in [2.05, 4.69) is 16.8 Å². The van der Waals surface area contributed by atoms with Gasteiger partial charge in [0, 0.05) is 19.6 Å². The molecule has 4 heteroatoms. The second-order valence-electron chi connectivity index (χ2n) is 3.55. The van der Waals surface area contributed by atoms with E-state index in [4.69, 9.17) is 0 Å². The number of hydrogen-bond donors (Lipinski definition) is 1. The SMILES string of the molecule is CNC(=O)N(Cc1ccsc1)C1CC1. The van der Waals surface area contributed by atoms with E-state index in [0.29, 0.717) is 6.04 Å². The minimum absolute atomic E-state index is 0.0405. The van der Waals surface area contributed by atoms with Crippen LogP contribution in [0.3, 0.4) is 0 Å². The summed E-state index contributed by atoms with van der Waals surface area (Å²) < 4.78 is 0. The van der Waals surface area contributed by atoms with Gasteiger partial charge in [0.1, 0.15) is 0 Å². The number of urea groups is 1. The van der Waals surface area contributed by atoms with Gasteiger partial charge >= 0.3 is 6.03 Å². The van der Waals surface area contributed by atoms with Crippen LogP contribution in [0.4, 0.5) is 4.79 Å². The molecule has 1 aliphatic rings. The van der Waals surface area contributed by atoms with Gasteiger partial charge < -0.3 is 10.2 Å². The zero-order valence-corrected chi connectivity index (χ0v) is 9.01. The maximum atomic E-state index is 11.5. The van der Waals surface area contributed by atoms with Crippen LogP contribution in [-0.4, -0.2) is 24.0 Å². The highest BCUT2D eigenvalue weighted by Crippen LogP contribution is 2.28. The molecule has 1 aromatic rings. The largest absolute Gasteiger partial charge is 0.341 e.